The van der Waals surface area contributed by atoms with E-state index in [1.54, 1.807) is 24.2 Å². The number of oxime groups is 1. The predicted molar refractivity (Wildman–Crippen MR) is 75.0 cm³/mol. The number of aromatic nitrogens is 1. The molecule has 0 aliphatic heterocycles. The Morgan fingerprint density at radius 2 is 1.94 bits per heavy atom. The van der Waals surface area contributed by atoms with Gasteiger partial charge in [0.25, 0.3) is 0 Å². The van der Waals surface area contributed by atoms with E-state index in [-0.39, 0.29) is 5.84 Å². The Hall–Kier alpha value is -1.53. The van der Waals surface area contributed by atoms with Crippen molar-refractivity contribution in [3.8, 4) is 0 Å². The number of nitrogens with two attached hydrogens (primary N) is 1. The van der Waals surface area contributed by atoms with Gasteiger partial charge in [-0.05, 0) is 46.3 Å². The molecule has 1 aromatic heterocycles. The molecule has 1 heterocycles. The SMILES string of the molecule is N/C(=N/O)c1ccc(Sc2ccncc2)cc1Br. The maximum atomic E-state index is 8.65. The maximum Gasteiger partial charge on any atom is 0.171 e. The Kier molecular flexibility index (Phi) is 4.22. The molecule has 0 fully saturated rings. The summed E-state index contributed by atoms with van der Waals surface area (Å²) in [4.78, 5) is 6.13. The standard InChI is InChI=1S/C12H10BrN3OS/c13-11-7-9(1-2-10(11)12(14)16-17)18-8-3-5-15-6-4-8/h1-7,17H,(H2,14,16). The molecular formula is C12H10BrN3OS. The van der Waals surface area contributed by atoms with Crippen molar-refractivity contribution in [2.75, 3.05) is 0 Å². The highest BCUT2D eigenvalue weighted by Gasteiger charge is 2.06. The van der Waals surface area contributed by atoms with Crippen LogP contribution in [0.5, 0.6) is 0 Å². The fraction of sp³-hybridized carbons (Fsp3) is 0. The molecule has 0 bridgehead atoms. The first-order valence-electron chi connectivity index (χ1n) is 5.06. The van der Waals surface area contributed by atoms with Crippen molar-refractivity contribution in [3.63, 3.8) is 0 Å². The van der Waals surface area contributed by atoms with Crippen LogP contribution >= 0.6 is 27.7 Å². The minimum absolute atomic E-state index is 0.0855. The first-order chi connectivity index (χ1) is 8.70. The molecule has 2 aromatic rings. The second-order valence-corrected chi connectivity index (χ2v) is 5.41. The Bertz CT molecular complexity index is 575. The molecule has 0 radical (unpaired) electrons. The zero-order valence-electron chi connectivity index (χ0n) is 9.25. The van der Waals surface area contributed by atoms with Gasteiger partial charge in [-0.3, -0.25) is 4.98 Å². The quantitative estimate of drug-likeness (QED) is 0.394. The average Bonchev–Trinajstić information content (AvgIpc) is 2.39. The summed E-state index contributed by atoms with van der Waals surface area (Å²) in [7, 11) is 0. The van der Waals surface area contributed by atoms with Crippen molar-refractivity contribution in [1.82, 2.24) is 4.98 Å². The Labute approximate surface area is 117 Å². The van der Waals surface area contributed by atoms with Gasteiger partial charge in [0.05, 0.1) is 0 Å². The molecule has 0 spiro atoms. The molecule has 1 aromatic carbocycles. The van der Waals surface area contributed by atoms with Crippen molar-refractivity contribution in [2.24, 2.45) is 10.9 Å². The van der Waals surface area contributed by atoms with Crippen LogP contribution in [0.2, 0.25) is 0 Å². The van der Waals surface area contributed by atoms with Crippen LogP contribution in [0.25, 0.3) is 0 Å². The van der Waals surface area contributed by atoms with Gasteiger partial charge in [0, 0.05) is 32.2 Å². The number of hydrogen-bond donors (Lipinski definition) is 2. The molecule has 0 atom stereocenters. The van der Waals surface area contributed by atoms with Gasteiger partial charge in [-0.1, -0.05) is 16.9 Å². The Morgan fingerprint density at radius 1 is 1.22 bits per heavy atom. The number of amidine groups is 1. The molecule has 0 unspecified atom stereocenters. The minimum Gasteiger partial charge on any atom is -0.409 e. The molecule has 0 amide bonds. The van der Waals surface area contributed by atoms with Crippen LogP contribution in [0.1, 0.15) is 5.56 Å². The number of nitrogens with zero attached hydrogens (tertiary/aromatic N) is 2. The van der Waals surface area contributed by atoms with E-state index >= 15 is 0 Å². The van der Waals surface area contributed by atoms with Gasteiger partial charge in [-0.15, -0.1) is 0 Å². The monoisotopic (exact) mass is 323 g/mol. The lowest BCUT2D eigenvalue weighted by Gasteiger charge is -2.06. The normalized spacial score (nSPS) is 11.5. The number of hydrogen-bond acceptors (Lipinski definition) is 4. The van der Waals surface area contributed by atoms with E-state index in [1.165, 1.54) is 0 Å². The zero-order chi connectivity index (χ0) is 13.0. The van der Waals surface area contributed by atoms with E-state index < -0.39 is 0 Å². The lowest BCUT2D eigenvalue weighted by molar-refractivity contribution is 0.318. The van der Waals surface area contributed by atoms with E-state index in [4.69, 9.17) is 10.9 Å². The molecule has 18 heavy (non-hydrogen) atoms. The van der Waals surface area contributed by atoms with Crippen molar-refractivity contribution < 1.29 is 5.21 Å². The molecule has 0 saturated carbocycles. The fourth-order valence-corrected chi connectivity index (χ4v) is 2.94. The molecule has 2 rings (SSSR count). The third kappa shape index (κ3) is 3.02. The Morgan fingerprint density at radius 3 is 2.56 bits per heavy atom. The molecule has 6 heteroatoms. The molecule has 3 N–H and O–H groups in total. The van der Waals surface area contributed by atoms with E-state index in [0.29, 0.717) is 5.56 Å². The van der Waals surface area contributed by atoms with Gasteiger partial charge in [0.2, 0.25) is 0 Å². The molecule has 4 nitrogen and oxygen atoms in total. The number of halogens is 1. The van der Waals surface area contributed by atoms with Crippen LogP contribution in [0.3, 0.4) is 0 Å². The van der Waals surface area contributed by atoms with Crippen molar-refractivity contribution in [3.05, 3.63) is 52.8 Å². The molecule has 0 saturated heterocycles. The first-order valence-corrected chi connectivity index (χ1v) is 6.67. The van der Waals surface area contributed by atoms with Crippen LogP contribution in [0, 0.1) is 0 Å². The van der Waals surface area contributed by atoms with Crippen molar-refractivity contribution >= 4 is 33.5 Å². The van der Waals surface area contributed by atoms with E-state index in [2.05, 4.69) is 26.1 Å². The van der Waals surface area contributed by atoms with Gasteiger partial charge in [-0.2, -0.15) is 0 Å². The van der Waals surface area contributed by atoms with E-state index in [1.807, 2.05) is 30.3 Å². The third-order valence-corrected chi connectivity index (χ3v) is 3.86. The van der Waals surface area contributed by atoms with Gasteiger partial charge >= 0.3 is 0 Å². The van der Waals surface area contributed by atoms with Crippen LogP contribution in [0.4, 0.5) is 0 Å². The smallest absolute Gasteiger partial charge is 0.171 e. The predicted octanol–water partition coefficient (Wildman–Crippen LogP) is 3.09. The summed E-state index contributed by atoms with van der Waals surface area (Å²) < 4.78 is 0.789. The summed E-state index contributed by atoms with van der Waals surface area (Å²) in [6.45, 7) is 0. The van der Waals surface area contributed by atoms with Gasteiger partial charge in [-0.25, -0.2) is 0 Å². The summed E-state index contributed by atoms with van der Waals surface area (Å²) >= 11 is 5.02. The highest BCUT2D eigenvalue weighted by Crippen LogP contribution is 2.30. The number of benzene rings is 1. The summed E-state index contributed by atoms with van der Waals surface area (Å²) in [6, 6.07) is 9.54. The number of pyridine rings is 1. The first kappa shape index (κ1) is 12.9. The lowest BCUT2D eigenvalue weighted by atomic mass is 10.2. The van der Waals surface area contributed by atoms with Gasteiger partial charge in [0.1, 0.15) is 0 Å². The van der Waals surface area contributed by atoms with E-state index in [0.717, 1.165) is 14.3 Å². The highest BCUT2D eigenvalue weighted by atomic mass is 79.9. The lowest BCUT2D eigenvalue weighted by Crippen LogP contribution is -2.13. The minimum atomic E-state index is 0.0855. The summed E-state index contributed by atoms with van der Waals surface area (Å²) in [6.07, 6.45) is 3.50. The molecular weight excluding hydrogens is 314 g/mol. The van der Waals surface area contributed by atoms with Crippen molar-refractivity contribution in [2.45, 2.75) is 9.79 Å². The highest BCUT2D eigenvalue weighted by molar-refractivity contribution is 9.10. The maximum absolute atomic E-state index is 8.65. The topological polar surface area (TPSA) is 71.5 Å². The zero-order valence-corrected chi connectivity index (χ0v) is 11.6. The molecule has 0 aliphatic rings. The fourth-order valence-electron chi connectivity index (χ4n) is 1.36. The Balaban J connectivity index is 2.25. The summed E-state index contributed by atoms with van der Waals surface area (Å²) in [5, 5.41) is 11.6. The van der Waals surface area contributed by atoms with Crippen molar-refractivity contribution in [1.29, 1.82) is 0 Å². The summed E-state index contributed by atoms with van der Waals surface area (Å²) in [5.41, 5.74) is 6.22. The molecule has 0 aliphatic carbocycles. The van der Waals surface area contributed by atoms with Crippen LogP contribution < -0.4 is 5.73 Å². The van der Waals surface area contributed by atoms with Crippen LogP contribution in [0.15, 0.2) is 62.1 Å². The third-order valence-electron chi connectivity index (χ3n) is 2.21. The largest absolute Gasteiger partial charge is 0.409 e. The van der Waals surface area contributed by atoms with Crippen LogP contribution in [-0.2, 0) is 0 Å². The van der Waals surface area contributed by atoms with E-state index in [9.17, 15) is 0 Å². The van der Waals surface area contributed by atoms with Gasteiger partial charge < -0.3 is 10.9 Å². The van der Waals surface area contributed by atoms with Gasteiger partial charge in [0.15, 0.2) is 5.84 Å². The average molecular weight is 324 g/mol. The second-order valence-electron chi connectivity index (χ2n) is 3.41. The second kappa shape index (κ2) is 5.88. The summed E-state index contributed by atoms with van der Waals surface area (Å²) in [5.74, 6) is 0.0855. The van der Waals surface area contributed by atoms with Crippen LogP contribution in [-0.4, -0.2) is 16.0 Å². The molecule has 92 valence electrons. The number of rotatable bonds is 3.